The van der Waals surface area contributed by atoms with Crippen LogP contribution in [0.5, 0.6) is 0 Å². The summed E-state index contributed by atoms with van der Waals surface area (Å²) in [6, 6.07) is 0. The minimum Gasteiger partial charge on any atom is -0.296 e. The van der Waals surface area contributed by atoms with Gasteiger partial charge in [0.25, 0.3) is 0 Å². The fourth-order valence-corrected chi connectivity index (χ4v) is 3.96. The molecule has 0 radical (unpaired) electrons. The highest BCUT2D eigenvalue weighted by Crippen LogP contribution is 2.36. The molecule has 2 aliphatic rings. The van der Waals surface area contributed by atoms with E-state index in [9.17, 15) is 4.79 Å². The van der Waals surface area contributed by atoms with E-state index in [1.807, 2.05) is 0 Å². The van der Waals surface area contributed by atoms with Crippen LogP contribution in [-0.2, 0) is 4.79 Å². The molecular formula is C13H20Cl2O. The normalized spacial score (nSPS) is 27.1. The first-order valence-corrected chi connectivity index (χ1v) is 7.39. The number of carbonyl (C=O) groups is 1. The zero-order valence-electron chi connectivity index (χ0n) is 9.63. The van der Waals surface area contributed by atoms with E-state index in [-0.39, 0.29) is 16.5 Å². The van der Waals surface area contributed by atoms with Gasteiger partial charge in [0.15, 0.2) is 5.78 Å². The fraction of sp³-hybridized carbons (Fsp3) is 0.923. The van der Waals surface area contributed by atoms with E-state index in [1.54, 1.807) is 0 Å². The number of alkyl halides is 2. The summed E-state index contributed by atoms with van der Waals surface area (Å²) in [5.41, 5.74) is 0. The second-order valence-electron chi connectivity index (χ2n) is 5.29. The minimum atomic E-state index is -0.328. The SMILES string of the molecule is O=C(C(Cl)C1CCCC1)C(Cl)C1CCCC1. The van der Waals surface area contributed by atoms with Crippen LogP contribution >= 0.6 is 23.2 Å². The van der Waals surface area contributed by atoms with Crippen molar-refractivity contribution in [2.75, 3.05) is 0 Å². The van der Waals surface area contributed by atoms with Crippen LogP contribution < -0.4 is 0 Å². The predicted molar refractivity (Wildman–Crippen MR) is 68.2 cm³/mol. The van der Waals surface area contributed by atoms with Crippen LogP contribution in [0.4, 0.5) is 0 Å². The van der Waals surface area contributed by atoms with Gasteiger partial charge in [-0.25, -0.2) is 0 Å². The molecule has 0 amide bonds. The van der Waals surface area contributed by atoms with E-state index in [0.717, 1.165) is 25.7 Å². The number of ketones is 1. The Morgan fingerprint density at radius 3 is 1.44 bits per heavy atom. The van der Waals surface area contributed by atoms with Crippen LogP contribution in [0.2, 0.25) is 0 Å². The molecule has 1 nitrogen and oxygen atoms in total. The highest BCUT2D eigenvalue weighted by molar-refractivity contribution is 6.40. The monoisotopic (exact) mass is 262 g/mol. The van der Waals surface area contributed by atoms with Crippen LogP contribution in [0.1, 0.15) is 51.4 Å². The number of hydrogen-bond acceptors (Lipinski definition) is 1. The van der Waals surface area contributed by atoms with Gasteiger partial charge in [0, 0.05) is 0 Å². The van der Waals surface area contributed by atoms with Crippen LogP contribution in [-0.4, -0.2) is 16.5 Å². The summed E-state index contributed by atoms with van der Waals surface area (Å²) in [7, 11) is 0. The van der Waals surface area contributed by atoms with Crippen LogP contribution in [0.25, 0.3) is 0 Å². The Morgan fingerprint density at radius 2 is 1.12 bits per heavy atom. The molecule has 0 heterocycles. The second kappa shape index (κ2) is 5.73. The van der Waals surface area contributed by atoms with Crippen molar-refractivity contribution >= 4 is 29.0 Å². The molecule has 2 atom stereocenters. The smallest absolute Gasteiger partial charge is 0.168 e. The van der Waals surface area contributed by atoms with E-state index >= 15 is 0 Å². The third-order valence-electron chi connectivity index (χ3n) is 4.17. The average Bonchev–Trinajstić information content (AvgIpc) is 2.97. The molecule has 0 aromatic heterocycles. The summed E-state index contributed by atoms with van der Waals surface area (Å²) in [5.74, 6) is 0.871. The van der Waals surface area contributed by atoms with Crippen LogP contribution in [0, 0.1) is 11.8 Å². The Balaban J connectivity index is 1.89. The van der Waals surface area contributed by atoms with Crippen molar-refractivity contribution < 1.29 is 4.79 Å². The van der Waals surface area contributed by atoms with Crippen molar-refractivity contribution in [2.24, 2.45) is 11.8 Å². The molecule has 0 aromatic rings. The van der Waals surface area contributed by atoms with E-state index in [0.29, 0.717) is 11.8 Å². The molecule has 2 saturated carbocycles. The van der Waals surface area contributed by atoms with Gasteiger partial charge in [-0.3, -0.25) is 4.79 Å². The number of carbonyl (C=O) groups excluding carboxylic acids is 1. The summed E-state index contributed by atoms with van der Waals surface area (Å²) in [6.45, 7) is 0. The lowest BCUT2D eigenvalue weighted by Gasteiger charge is -2.21. The molecule has 0 bridgehead atoms. The Bertz CT molecular complexity index is 218. The Kier molecular flexibility index (Phi) is 4.55. The molecule has 92 valence electrons. The van der Waals surface area contributed by atoms with Gasteiger partial charge in [-0.1, -0.05) is 25.7 Å². The molecule has 0 spiro atoms. The van der Waals surface area contributed by atoms with Gasteiger partial charge in [-0.05, 0) is 37.5 Å². The third-order valence-corrected chi connectivity index (χ3v) is 5.31. The minimum absolute atomic E-state index is 0.0992. The topological polar surface area (TPSA) is 17.1 Å². The van der Waals surface area contributed by atoms with Crippen LogP contribution in [0.3, 0.4) is 0 Å². The highest BCUT2D eigenvalue weighted by Gasteiger charge is 2.36. The summed E-state index contributed by atoms with van der Waals surface area (Å²) >= 11 is 12.6. The molecular weight excluding hydrogens is 243 g/mol. The predicted octanol–water partition coefficient (Wildman–Crippen LogP) is 4.15. The van der Waals surface area contributed by atoms with Crippen molar-refractivity contribution in [1.82, 2.24) is 0 Å². The van der Waals surface area contributed by atoms with Gasteiger partial charge < -0.3 is 0 Å². The highest BCUT2D eigenvalue weighted by atomic mass is 35.5. The standard InChI is InChI=1S/C13H20Cl2O/c14-11(9-5-1-2-6-9)13(16)12(15)10-7-3-4-8-10/h9-12H,1-8H2. The van der Waals surface area contributed by atoms with E-state index < -0.39 is 0 Å². The van der Waals surface area contributed by atoms with Gasteiger partial charge in [-0.2, -0.15) is 0 Å². The van der Waals surface area contributed by atoms with Crippen molar-refractivity contribution in [3.8, 4) is 0 Å². The number of hydrogen-bond donors (Lipinski definition) is 0. The zero-order chi connectivity index (χ0) is 11.5. The summed E-state index contributed by atoms with van der Waals surface area (Å²) in [4.78, 5) is 12.2. The first-order valence-electron chi connectivity index (χ1n) is 6.52. The first-order chi connectivity index (χ1) is 7.70. The Morgan fingerprint density at radius 1 is 0.812 bits per heavy atom. The molecule has 2 aliphatic carbocycles. The Hall–Kier alpha value is 0.250. The third kappa shape index (κ3) is 2.73. The molecule has 0 aromatic carbocycles. The second-order valence-corrected chi connectivity index (χ2v) is 6.24. The summed E-state index contributed by atoms with van der Waals surface area (Å²) in [5, 5.41) is -0.656. The fourth-order valence-electron chi connectivity index (χ4n) is 3.12. The van der Waals surface area contributed by atoms with Gasteiger partial charge in [0.05, 0.1) is 10.8 Å². The van der Waals surface area contributed by atoms with Crippen molar-refractivity contribution in [1.29, 1.82) is 0 Å². The quantitative estimate of drug-likeness (QED) is 0.696. The maximum Gasteiger partial charge on any atom is 0.168 e. The van der Waals surface area contributed by atoms with Gasteiger partial charge in [-0.15, -0.1) is 23.2 Å². The van der Waals surface area contributed by atoms with Gasteiger partial charge in [0.2, 0.25) is 0 Å². The molecule has 2 fully saturated rings. The lowest BCUT2D eigenvalue weighted by atomic mass is 9.93. The lowest BCUT2D eigenvalue weighted by molar-refractivity contribution is -0.120. The average molecular weight is 263 g/mol. The molecule has 2 unspecified atom stereocenters. The summed E-state index contributed by atoms with van der Waals surface area (Å²) in [6.07, 6.45) is 9.30. The van der Waals surface area contributed by atoms with Gasteiger partial charge in [0.1, 0.15) is 0 Å². The van der Waals surface area contributed by atoms with Crippen molar-refractivity contribution in [3.63, 3.8) is 0 Å². The van der Waals surface area contributed by atoms with E-state index in [1.165, 1.54) is 25.7 Å². The maximum absolute atomic E-state index is 12.2. The molecule has 0 aliphatic heterocycles. The van der Waals surface area contributed by atoms with Gasteiger partial charge >= 0.3 is 0 Å². The Labute approximate surface area is 108 Å². The maximum atomic E-state index is 12.2. The largest absolute Gasteiger partial charge is 0.296 e. The van der Waals surface area contributed by atoms with Crippen LogP contribution in [0.15, 0.2) is 0 Å². The zero-order valence-corrected chi connectivity index (χ0v) is 11.1. The molecule has 3 heteroatoms. The molecule has 0 N–H and O–H groups in total. The first kappa shape index (κ1) is 12.7. The summed E-state index contributed by atoms with van der Waals surface area (Å²) < 4.78 is 0. The van der Waals surface area contributed by atoms with Crippen molar-refractivity contribution in [3.05, 3.63) is 0 Å². The molecule has 0 saturated heterocycles. The van der Waals surface area contributed by atoms with E-state index in [4.69, 9.17) is 23.2 Å². The van der Waals surface area contributed by atoms with Crippen molar-refractivity contribution in [2.45, 2.75) is 62.1 Å². The lowest BCUT2D eigenvalue weighted by Crippen LogP contribution is -2.33. The molecule has 16 heavy (non-hydrogen) atoms. The number of Topliss-reactive ketones (excluding diaryl/α,β-unsaturated/α-hetero) is 1. The number of halogens is 2. The molecule has 2 rings (SSSR count). The van der Waals surface area contributed by atoms with E-state index in [2.05, 4.69) is 0 Å². The number of rotatable bonds is 4.